The highest BCUT2D eigenvalue weighted by Crippen LogP contribution is 2.28. The predicted octanol–water partition coefficient (Wildman–Crippen LogP) is 3.35. The maximum absolute atomic E-state index is 12.4. The van der Waals surface area contributed by atoms with Gasteiger partial charge in [-0.15, -0.1) is 0 Å². The Morgan fingerprint density at radius 1 is 1.17 bits per heavy atom. The molecule has 1 amide bonds. The highest BCUT2D eigenvalue weighted by atomic mass is 16.6. The van der Waals surface area contributed by atoms with Gasteiger partial charge in [-0.1, -0.05) is 0 Å². The monoisotopic (exact) mass is 410 g/mol. The molecule has 0 radical (unpaired) electrons. The zero-order chi connectivity index (χ0) is 21.3. The minimum atomic E-state index is -0.449. The maximum Gasteiger partial charge on any atom is 0.410 e. The van der Waals surface area contributed by atoms with Crippen LogP contribution in [0, 0.1) is 11.8 Å². The Morgan fingerprint density at radius 3 is 2.41 bits per heavy atom. The highest BCUT2D eigenvalue weighted by Gasteiger charge is 2.27. The summed E-state index contributed by atoms with van der Waals surface area (Å²) in [6, 6.07) is 0. The molecular formula is C22H42N4O3. The Balaban J connectivity index is 1.65. The van der Waals surface area contributed by atoms with E-state index in [0.29, 0.717) is 12.5 Å². The molecule has 1 saturated heterocycles. The lowest BCUT2D eigenvalue weighted by atomic mass is 9.96. The zero-order valence-electron chi connectivity index (χ0n) is 19.2. The van der Waals surface area contributed by atoms with Crippen LogP contribution in [0.25, 0.3) is 0 Å². The molecular weight excluding hydrogens is 368 g/mol. The van der Waals surface area contributed by atoms with E-state index in [9.17, 15) is 4.79 Å². The van der Waals surface area contributed by atoms with E-state index in [0.717, 1.165) is 70.5 Å². The third-order valence-electron chi connectivity index (χ3n) is 5.44. The third kappa shape index (κ3) is 9.24. The number of carbonyl (C=O) groups excluding carboxylic acids is 1. The van der Waals surface area contributed by atoms with Crippen LogP contribution < -0.4 is 5.32 Å². The lowest BCUT2D eigenvalue weighted by Crippen LogP contribution is -2.48. The number of nitrogens with zero attached hydrogens (tertiary/aromatic N) is 3. The molecule has 2 rings (SSSR count). The van der Waals surface area contributed by atoms with E-state index in [2.05, 4.69) is 15.2 Å². The van der Waals surface area contributed by atoms with Gasteiger partial charge in [-0.3, -0.25) is 4.99 Å². The second-order valence-corrected chi connectivity index (χ2v) is 9.30. The first-order valence-electron chi connectivity index (χ1n) is 11.3. The molecule has 1 aliphatic carbocycles. The molecule has 0 spiro atoms. The van der Waals surface area contributed by atoms with Crippen LogP contribution >= 0.6 is 0 Å². The van der Waals surface area contributed by atoms with Gasteiger partial charge in [0.15, 0.2) is 5.96 Å². The van der Waals surface area contributed by atoms with E-state index < -0.39 is 5.60 Å². The van der Waals surface area contributed by atoms with E-state index >= 15 is 0 Å². The number of guanidine groups is 1. The molecule has 1 N–H and O–H groups in total. The lowest BCUT2D eigenvalue weighted by Gasteiger charge is -2.36. The first-order valence-corrected chi connectivity index (χ1v) is 11.3. The Labute approximate surface area is 177 Å². The normalized spacial score (nSPS) is 18.7. The molecule has 0 unspecified atom stereocenters. The second-order valence-electron chi connectivity index (χ2n) is 9.30. The molecule has 2 aliphatic rings. The number of likely N-dealkylation sites (tertiary alicyclic amines) is 1. The Hall–Kier alpha value is -1.50. The van der Waals surface area contributed by atoms with Crippen molar-refractivity contribution in [2.45, 2.75) is 65.4 Å². The Morgan fingerprint density at radius 2 is 1.86 bits per heavy atom. The zero-order valence-corrected chi connectivity index (χ0v) is 19.2. The molecule has 2 fully saturated rings. The Kier molecular flexibility index (Phi) is 9.53. The number of nitrogens with one attached hydrogen (secondary N) is 1. The lowest BCUT2D eigenvalue weighted by molar-refractivity contribution is 0.0214. The minimum Gasteiger partial charge on any atom is -0.444 e. The SMILES string of the molecule is CCN(CC1CCN(C(=NC)NCCCOCC2CC2)CC1)C(=O)OC(C)(C)C. The van der Waals surface area contributed by atoms with Crippen LogP contribution in [0.15, 0.2) is 4.99 Å². The molecule has 0 atom stereocenters. The fourth-order valence-corrected chi connectivity index (χ4v) is 3.54. The predicted molar refractivity (Wildman–Crippen MR) is 117 cm³/mol. The summed E-state index contributed by atoms with van der Waals surface area (Å²) in [4.78, 5) is 21.0. The number of rotatable bonds is 9. The summed E-state index contributed by atoms with van der Waals surface area (Å²) in [5.74, 6) is 2.31. The van der Waals surface area contributed by atoms with Crippen LogP contribution in [-0.2, 0) is 9.47 Å². The number of carbonyl (C=O) groups is 1. The molecule has 0 bridgehead atoms. The standard InChI is InChI=1S/C22H42N4O3/c1-6-25(21(27)29-22(2,3)4)16-18-10-13-26(14-11-18)20(23-5)24-12-7-15-28-17-19-8-9-19/h18-19H,6-17H2,1-5H3,(H,23,24). The molecule has 168 valence electrons. The molecule has 0 aromatic heterocycles. The van der Waals surface area contributed by atoms with Gasteiger partial charge < -0.3 is 24.6 Å². The van der Waals surface area contributed by atoms with Gasteiger partial charge in [-0.25, -0.2) is 4.79 Å². The van der Waals surface area contributed by atoms with Gasteiger partial charge in [-0.05, 0) is 71.6 Å². The van der Waals surface area contributed by atoms with Crippen LogP contribution in [0.3, 0.4) is 0 Å². The minimum absolute atomic E-state index is 0.205. The molecule has 7 heteroatoms. The van der Waals surface area contributed by atoms with Crippen LogP contribution in [0.2, 0.25) is 0 Å². The molecule has 1 heterocycles. The molecule has 0 aromatic rings. The van der Waals surface area contributed by atoms with Crippen molar-refractivity contribution in [1.29, 1.82) is 0 Å². The van der Waals surface area contributed by atoms with Crippen molar-refractivity contribution >= 4 is 12.1 Å². The molecule has 1 aliphatic heterocycles. The molecule has 1 saturated carbocycles. The van der Waals surface area contributed by atoms with Crippen molar-refractivity contribution in [3.05, 3.63) is 0 Å². The van der Waals surface area contributed by atoms with Crippen molar-refractivity contribution < 1.29 is 14.3 Å². The summed E-state index contributed by atoms with van der Waals surface area (Å²) in [5, 5.41) is 3.47. The highest BCUT2D eigenvalue weighted by molar-refractivity contribution is 5.79. The van der Waals surface area contributed by atoms with Crippen molar-refractivity contribution in [3.8, 4) is 0 Å². The maximum atomic E-state index is 12.4. The fourth-order valence-electron chi connectivity index (χ4n) is 3.54. The second kappa shape index (κ2) is 11.6. The van der Waals surface area contributed by atoms with Crippen LogP contribution in [0.4, 0.5) is 4.79 Å². The summed E-state index contributed by atoms with van der Waals surface area (Å²) in [6.45, 7) is 13.8. The number of ether oxygens (including phenoxy) is 2. The van der Waals surface area contributed by atoms with E-state index in [1.54, 1.807) is 0 Å². The number of aliphatic imine (C=N–C) groups is 1. The fraction of sp³-hybridized carbons (Fsp3) is 0.909. The van der Waals surface area contributed by atoms with Crippen LogP contribution in [-0.4, -0.2) is 80.4 Å². The van der Waals surface area contributed by atoms with Crippen molar-refractivity contribution in [1.82, 2.24) is 15.1 Å². The Bertz CT molecular complexity index is 521. The number of piperidine rings is 1. The largest absolute Gasteiger partial charge is 0.444 e. The van der Waals surface area contributed by atoms with Crippen LogP contribution in [0.5, 0.6) is 0 Å². The summed E-state index contributed by atoms with van der Waals surface area (Å²) >= 11 is 0. The smallest absolute Gasteiger partial charge is 0.410 e. The number of hydrogen-bond acceptors (Lipinski definition) is 4. The molecule has 0 aromatic carbocycles. The first kappa shape index (κ1) is 23.8. The van der Waals surface area contributed by atoms with Crippen molar-refractivity contribution in [2.24, 2.45) is 16.8 Å². The van der Waals surface area contributed by atoms with Crippen LogP contribution in [0.1, 0.15) is 59.8 Å². The average Bonchev–Trinajstić information content (AvgIpc) is 3.49. The van der Waals surface area contributed by atoms with E-state index in [1.807, 2.05) is 39.6 Å². The summed E-state index contributed by atoms with van der Waals surface area (Å²) in [6.07, 6.45) is 5.60. The molecule has 7 nitrogen and oxygen atoms in total. The van der Waals surface area contributed by atoms with Crippen molar-refractivity contribution in [2.75, 3.05) is 53.0 Å². The molecule has 29 heavy (non-hydrogen) atoms. The van der Waals surface area contributed by atoms with Gasteiger partial charge in [0.2, 0.25) is 0 Å². The van der Waals surface area contributed by atoms with E-state index in [4.69, 9.17) is 9.47 Å². The number of hydrogen-bond donors (Lipinski definition) is 1. The van der Waals surface area contributed by atoms with Gasteiger partial charge in [-0.2, -0.15) is 0 Å². The van der Waals surface area contributed by atoms with Crippen molar-refractivity contribution in [3.63, 3.8) is 0 Å². The van der Waals surface area contributed by atoms with Gasteiger partial charge in [0.05, 0.1) is 0 Å². The first-order chi connectivity index (χ1) is 13.8. The third-order valence-corrected chi connectivity index (χ3v) is 5.44. The average molecular weight is 411 g/mol. The number of amides is 1. The topological polar surface area (TPSA) is 66.4 Å². The van der Waals surface area contributed by atoms with Gasteiger partial charge in [0.25, 0.3) is 0 Å². The van der Waals surface area contributed by atoms with E-state index in [-0.39, 0.29) is 6.09 Å². The van der Waals surface area contributed by atoms with Gasteiger partial charge >= 0.3 is 6.09 Å². The summed E-state index contributed by atoms with van der Waals surface area (Å²) < 4.78 is 11.2. The van der Waals surface area contributed by atoms with E-state index in [1.165, 1.54) is 12.8 Å². The summed E-state index contributed by atoms with van der Waals surface area (Å²) in [7, 11) is 1.85. The summed E-state index contributed by atoms with van der Waals surface area (Å²) in [5.41, 5.74) is -0.449. The quantitative estimate of drug-likeness (QED) is 0.359. The van der Waals surface area contributed by atoms with Gasteiger partial charge in [0.1, 0.15) is 5.60 Å². The van der Waals surface area contributed by atoms with Gasteiger partial charge in [0, 0.05) is 53.0 Å².